The molecule has 0 radical (unpaired) electrons. The molecule has 3 aromatic rings. The van der Waals surface area contributed by atoms with E-state index in [0.717, 1.165) is 17.1 Å². The smallest absolute Gasteiger partial charge is 0.233 e. The van der Waals surface area contributed by atoms with Gasteiger partial charge in [-0.1, -0.05) is 35.5 Å². The van der Waals surface area contributed by atoms with Crippen LogP contribution in [-0.2, 0) is 11.3 Å². The van der Waals surface area contributed by atoms with Crippen LogP contribution in [0.15, 0.2) is 53.7 Å². The molecule has 1 aromatic heterocycles. The van der Waals surface area contributed by atoms with Crippen molar-refractivity contribution < 1.29 is 9.18 Å². The van der Waals surface area contributed by atoms with Crippen LogP contribution in [0, 0.1) is 5.82 Å². The van der Waals surface area contributed by atoms with E-state index in [2.05, 4.69) is 10.2 Å². The first-order chi connectivity index (χ1) is 14.8. The summed E-state index contributed by atoms with van der Waals surface area (Å²) in [5, 5.41) is 10.0. The van der Waals surface area contributed by atoms with Gasteiger partial charge in [-0.25, -0.2) is 4.39 Å². The Morgan fingerprint density at radius 1 is 1.10 bits per heavy atom. The van der Waals surface area contributed by atoms with E-state index in [0.29, 0.717) is 16.7 Å². The highest BCUT2D eigenvalue weighted by Gasteiger charge is 2.22. The van der Waals surface area contributed by atoms with E-state index in [1.54, 1.807) is 24.1 Å². The Morgan fingerprint density at radius 3 is 2.35 bits per heavy atom. The number of nitrogens with zero attached hydrogens (tertiary/aromatic N) is 5. The molecule has 31 heavy (non-hydrogen) atoms. The van der Waals surface area contributed by atoms with Crippen LogP contribution in [0.25, 0.3) is 5.69 Å². The molecular weight excluding hydrogens is 437 g/mol. The summed E-state index contributed by atoms with van der Waals surface area (Å²) >= 11 is 7.39. The number of amides is 1. The van der Waals surface area contributed by atoms with E-state index in [4.69, 9.17) is 11.6 Å². The average molecular weight is 462 g/mol. The molecule has 0 unspecified atom stereocenters. The summed E-state index contributed by atoms with van der Waals surface area (Å²) in [4.78, 5) is 16.3. The van der Waals surface area contributed by atoms with Gasteiger partial charge in [0.15, 0.2) is 11.0 Å². The predicted octanol–water partition coefficient (Wildman–Crippen LogP) is 4.43. The minimum atomic E-state index is -0.294. The molecule has 0 aliphatic carbocycles. The fraction of sp³-hybridized carbons (Fsp3) is 0.318. The minimum absolute atomic E-state index is 0.0226. The van der Waals surface area contributed by atoms with E-state index in [1.807, 2.05) is 54.8 Å². The Morgan fingerprint density at radius 2 is 1.74 bits per heavy atom. The molecule has 0 saturated heterocycles. The first kappa shape index (κ1) is 23.2. The molecule has 2 aromatic carbocycles. The standard InChI is InChI=1S/C22H25ClFN5OS/c1-15(27(2)3)21-25-26-22(29(21)19-11-7-17(23)8-12-19)31-14-20(30)28(4)13-16-5-9-18(24)10-6-16/h5-12,15H,13-14H2,1-4H3/t15-/m1/s1. The SMILES string of the molecule is C[C@H](c1nnc(SCC(=O)N(C)Cc2ccc(F)cc2)n1-c1ccc(Cl)cc1)N(C)C. The van der Waals surface area contributed by atoms with Gasteiger partial charge < -0.3 is 4.90 Å². The molecule has 3 rings (SSSR count). The lowest BCUT2D eigenvalue weighted by Crippen LogP contribution is -2.28. The van der Waals surface area contributed by atoms with Gasteiger partial charge in [-0.3, -0.25) is 14.3 Å². The van der Waals surface area contributed by atoms with Gasteiger partial charge in [-0.2, -0.15) is 0 Å². The Hall–Kier alpha value is -2.42. The molecule has 1 heterocycles. The summed E-state index contributed by atoms with van der Waals surface area (Å²) < 4.78 is 15.0. The third kappa shape index (κ3) is 5.84. The number of hydrogen-bond acceptors (Lipinski definition) is 5. The zero-order chi connectivity index (χ0) is 22.5. The zero-order valence-corrected chi connectivity index (χ0v) is 19.5. The predicted molar refractivity (Wildman–Crippen MR) is 122 cm³/mol. The molecule has 6 nitrogen and oxygen atoms in total. The maximum absolute atomic E-state index is 13.1. The van der Waals surface area contributed by atoms with Gasteiger partial charge in [0.05, 0.1) is 11.8 Å². The highest BCUT2D eigenvalue weighted by Crippen LogP contribution is 2.27. The van der Waals surface area contributed by atoms with Crippen LogP contribution in [0.4, 0.5) is 4.39 Å². The van der Waals surface area contributed by atoms with Crippen LogP contribution in [0.5, 0.6) is 0 Å². The Bertz CT molecular complexity index is 1020. The van der Waals surface area contributed by atoms with Gasteiger partial charge in [0.25, 0.3) is 0 Å². The number of rotatable bonds is 8. The number of halogens is 2. The lowest BCUT2D eigenvalue weighted by atomic mass is 10.2. The third-order valence-electron chi connectivity index (χ3n) is 4.97. The molecular formula is C22H25ClFN5OS. The second-order valence-corrected chi connectivity index (χ2v) is 8.84. The first-order valence-corrected chi connectivity index (χ1v) is 11.1. The van der Waals surface area contributed by atoms with Crippen molar-refractivity contribution in [2.75, 3.05) is 26.9 Å². The van der Waals surface area contributed by atoms with Crippen molar-refractivity contribution in [1.82, 2.24) is 24.6 Å². The second kappa shape index (κ2) is 10.3. The normalized spacial score (nSPS) is 12.2. The number of carbonyl (C=O) groups excluding carboxylic acids is 1. The number of carbonyl (C=O) groups is 1. The molecule has 9 heteroatoms. The van der Waals surface area contributed by atoms with E-state index in [9.17, 15) is 9.18 Å². The summed E-state index contributed by atoms with van der Waals surface area (Å²) in [6.07, 6.45) is 0. The number of thioether (sulfide) groups is 1. The van der Waals surface area contributed by atoms with Gasteiger partial charge in [0, 0.05) is 24.3 Å². The Labute approximate surface area is 191 Å². The van der Waals surface area contributed by atoms with E-state index in [-0.39, 0.29) is 23.5 Å². The third-order valence-corrected chi connectivity index (χ3v) is 6.14. The van der Waals surface area contributed by atoms with Crippen molar-refractivity contribution in [2.24, 2.45) is 0 Å². The Kier molecular flexibility index (Phi) is 7.69. The van der Waals surface area contributed by atoms with Crippen molar-refractivity contribution in [3.63, 3.8) is 0 Å². The van der Waals surface area contributed by atoms with Crippen LogP contribution in [0.3, 0.4) is 0 Å². The molecule has 0 fully saturated rings. The van der Waals surface area contributed by atoms with Crippen molar-refractivity contribution in [3.8, 4) is 5.69 Å². The molecule has 0 aliphatic rings. The topological polar surface area (TPSA) is 54.3 Å². The number of benzene rings is 2. The van der Waals surface area contributed by atoms with E-state index < -0.39 is 0 Å². The highest BCUT2D eigenvalue weighted by atomic mass is 35.5. The van der Waals surface area contributed by atoms with Crippen molar-refractivity contribution >= 4 is 29.3 Å². The molecule has 1 atom stereocenters. The Balaban J connectivity index is 1.76. The monoisotopic (exact) mass is 461 g/mol. The van der Waals surface area contributed by atoms with Crippen LogP contribution in [0.2, 0.25) is 5.02 Å². The van der Waals surface area contributed by atoms with Crippen LogP contribution >= 0.6 is 23.4 Å². The van der Waals surface area contributed by atoms with Crippen molar-refractivity contribution in [3.05, 3.63) is 70.8 Å². The summed E-state index contributed by atoms with van der Waals surface area (Å²) in [6, 6.07) is 13.6. The quantitative estimate of drug-likeness (QED) is 0.464. The van der Waals surface area contributed by atoms with Gasteiger partial charge in [-0.15, -0.1) is 10.2 Å². The van der Waals surface area contributed by atoms with Crippen molar-refractivity contribution in [2.45, 2.75) is 24.7 Å². The lowest BCUT2D eigenvalue weighted by Gasteiger charge is -2.21. The molecule has 0 bridgehead atoms. The summed E-state index contributed by atoms with van der Waals surface area (Å²) in [7, 11) is 5.69. The maximum atomic E-state index is 13.1. The molecule has 0 spiro atoms. The number of hydrogen-bond donors (Lipinski definition) is 0. The largest absolute Gasteiger partial charge is 0.341 e. The van der Waals surface area contributed by atoms with Gasteiger partial charge in [-0.05, 0) is 63.0 Å². The highest BCUT2D eigenvalue weighted by molar-refractivity contribution is 7.99. The summed E-state index contributed by atoms with van der Waals surface area (Å²) in [5.41, 5.74) is 1.75. The maximum Gasteiger partial charge on any atom is 0.233 e. The van der Waals surface area contributed by atoms with Gasteiger partial charge >= 0.3 is 0 Å². The average Bonchev–Trinajstić information content (AvgIpc) is 3.17. The molecule has 164 valence electrons. The molecule has 0 saturated carbocycles. The number of aromatic nitrogens is 3. The molecule has 0 aliphatic heterocycles. The molecule has 0 N–H and O–H groups in total. The summed E-state index contributed by atoms with van der Waals surface area (Å²) in [6.45, 7) is 2.46. The summed E-state index contributed by atoms with van der Waals surface area (Å²) in [5.74, 6) is 0.640. The van der Waals surface area contributed by atoms with Gasteiger partial charge in [0.2, 0.25) is 5.91 Å². The second-order valence-electron chi connectivity index (χ2n) is 7.46. The van der Waals surface area contributed by atoms with Crippen molar-refractivity contribution in [1.29, 1.82) is 0 Å². The van der Waals surface area contributed by atoms with Crippen LogP contribution < -0.4 is 0 Å². The van der Waals surface area contributed by atoms with E-state index in [1.165, 1.54) is 23.9 Å². The van der Waals surface area contributed by atoms with Gasteiger partial charge in [0.1, 0.15) is 5.82 Å². The first-order valence-electron chi connectivity index (χ1n) is 9.75. The lowest BCUT2D eigenvalue weighted by molar-refractivity contribution is -0.127. The molecule has 1 amide bonds. The fourth-order valence-corrected chi connectivity index (χ4v) is 3.92. The zero-order valence-electron chi connectivity index (χ0n) is 17.9. The van der Waals surface area contributed by atoms with Crippen LogP contribution in [-0.4, -0.2) is 57.4 Å². The minimum Gasteiger partial charge on any atom is -0.341 e. The van der Waals surface area contributed by atoms with Crippen LogP contribution in [0.1, 0.15) is 24.4 Å². The van der Waals surface area contributed by atoms with E-state index >= 15 is 0 Å². The fourth-order valence-electron chi connectivity index (χ4n) is 2.90.